The first kappa shape index (κ1) is 52.5. The molecule has 0 aromatic carbocycles. The minimum absolute atomic E-state index is 0.0670. The van der Waals surface area contributed by atoms with Crippen molar-refractivity contribution in [2.24, 2.45) is 20.4 Å². The molecule has 3 amide bonds. The van der Waals surface area contributed by atoms with Gasteiger partial charge in [0.1, 0.15) is 31.8 Å². The van der Waals surface area contributed by atoms with Gasteiger partial charge in [-0.3, -0.25) is 33.6 Å². The quantitative estimate of drug-likeness (QED) is 0.0363. The number of thiol groups is 4. The normalized spacial score (nSPS) is 8.96. The summed E-state index contributed by atoms with van der Waals surface area (Å²) in [7, 11) is 0. The van der Waals surface area contributed by atoms with Crippen molar-refractivity contribution in [3.05, 3.63) is 38.0 Å². The summed E-state index contributed by atoms with van der Waals surface area (Å²) in [6.45, 7) is 8.04. The molecule has 50 heavy (non-hydrogen) atoms. The number of hydrogen-bond acceptors (Lipinski definition) is 18. The van der Waals surface area contributed by atoms with Gasteiger partial charge in [0.05, 0.1) is 25.7 Å². The summed E-state index contributed by atoms with van der Waals surface area (Å²) in [5, 5.41) is 0. The van der Waals surface area contributed by atoms with Gasteiger partial charge in [-0.25, -0.2) is 14.4 Å². The van der Waals surface area contributed by atoms with E-state index in [9.17, 15) is 47.9 Å². The highest BCUT2D eigenvalue weighted by Crippen LogP contribution is 2.22. The predicted octanol–water partition coefficient (Wildman–Crippen LogP) is 1.53. The van der Waals surface area contributed by atoms with Gasteiger partial charge in [0.15, 0.2) is 0 Å². The summed E-state index contributed by atoms with van der Waals surface area (Å²) < 4.78 is 20.9. The van der Waals surface area contributed by atoms with Crippen LogP contribution in [0.1, 0.15) is 25.7 Å². The van der Waals surface area contributed by atoms with E-state index in [1.54, 1.807) is 0 Å². The molecule has 0 bridgehead atoms. The summed E-state index contributed by atoms with van der Waals surface area (Å²) in [6, 6.07) is 0. The Labute approximate surface area is 309 Å². The third-order valence-corrected chi connectivity index (χ3v) is 5.31. The summed E-state index contributed by atoms with van der Waals surface area (Å²) in [4.78, 5) is 112. The third-order valence-electron chi connectivity index (χ3n) is 4.41. The topological polar surface area (TPSA) is 245 Å². The number of esters is 4. The maximum Gasteiger partial charge on any atom is 0.306 e. The van der Waals surface area contributed by atoms with E-state index < -0.39 is 47.0 Å². The number of carbonyl (C=O) groups is 7. The highest BCUT2D eigenvalue weighted by Gasteiger charge is 2.37. The SMILES string of the molecule is C=CC(=O)N=C=O.C=CC(=O)N=C=O.C=CC(=O)N=C=O.O=C(CCS)OCC(COC(=O)CCS)(COC(=O)CCS)COC(=O)CCS. The molecule has 276 valence electrons. The summed E-state index contributed by atoms with van der Waals surface area (Å²) in [5.74, 6) is -2.95. The number of isocyanates is 3. The van der Waals surface area contributed by atoms with Crippen molar-refractivity contribution in [2.45, 2.75) is 25.7 Å². The Bertz CT molecular complexity index is 1120. The van der Waals surface area contributed by atoms with Crippen LogP contribution in [-0.2, 0) is 66.9 Å². The van der Waals surface area contributed by atoms with Crippen LogP contribution in [0, 0.1) is 5.41 Å². The standard InChI is InChI=1S/C17H28O8S4.3C4H3NO2/c18-13(1-5-26)22-9-17(10-23-14(19)2-6-27,11-24-15(20)3-7-28)12-25-16(21)4-8-29;3*1-2-4(7)5-3-6/h26-29H,1-12H2;3*2H,1H2. The third kappa shape index (κ3) is 36.5. The summed E-state index contributed by atoms with van der Waals surface area (Å²) >= 11 is 15.9. The fourth-order valence-electron chi connectivity index (χ4n) is 2.11. The van der Waals surface area contributed by atoms with Crippen LogP contribution in [0.2, 0.25) is 0 Å². The van der Waals surface area contributed by atoms with E-state index in [2.05, 4.69) is 85.2 Å². The zero-order valence-electron chi connectivity index (χ0n) is 26.7. The van der Waals surface area contributed by atoms with Gasteiger partial charge in [0, 0.05) is 23.0 Å². The second-order valence-corrected chi connectivity index (χ2v) is 10.1. The van der Waals surface area contributed by atoms with E-state index in [0.717, 1.165) is 36.5 Å². The second kappa shape index (κ2) is 37.5. The molecule has 0 saturated heterocycles. The lowest BCUT2D eigenvalue weighted by Crippen LogP contribution is -2.44. The lowest BCUT2D eigenvalue weighted by atomic mass is 9.92. The molecular formula is C29H37N3O14S4. The fourth-order valence-corrected chi connectivity index (χ4v) is 2.84. The van der Waals surface area contributed by atoms with Gasteiger partial charge in [0.25, 0.3) is 17.7 Å². The summed E-state index contributed by atoms with van der Waals surface area (Å²) in [6.07, 6.45) is 6.29. The smallest absolute Gasteiger partial charge is 0.306 e. The first-order chi connectivity index (χ1) is 23.7. The maximum absolute atomic E-state index is 11.8. The molecule has 0 aromatic rings. The van der Waals surface area contributed by atoms with E-state index in [-0.39, 0.29) is 75.1 Å². The number of rotatable bonds is 19. The lowest BCUT2D eigenvalue weighted by Gasteiger charge is -2.31. The van der Waals surface area contributed by atoms with E-state index in [0.29, 0.717) is 0 Å². The molecule has 0 rings (SSSR count). The summed E-state index contributed by atoms with van der Waals surface area (Å²) in [5.41, 5.74) is -1.25. The molecule has 0 heterocycles. The zero-order chi connectivity index (χ0) is 39.2. The van der Waals surface area contributed by atoms with Gasteiger partial charge in [-0.2, -0.15) is 50.5 Å². The number of amides is 3. The van der Waals surface area contributed by atoms with Crippen molar-refractivity contribution in [3.8, 4) is 0 Å². The molecule has 17 nitrogen and oxygen atoms in total. The van der Waals surface area contributed by atoms with Crippen LogP contribution < -0.4 is 0 Å². The number of carbonyl (C=O) groups excluding carboxylic acids is 10. The second-order valence-electron chi connectivity index (χ2n) is 8.27. The van der Waals surface area contributed by atoms with E-state index in [1.807, 2.05) is 0 Å². The molecule has 0 N–H and O–H groups in total. The Morgan fingerprint density at radius 3 is 0.800 bits per heavy atom. The molecule has 0 aliphatic carbocycles. The van der Waals surface area contributed by atoms with Gasteiger partial charge in [-0.05, 0) is 18.2 Å². The minimum atomic E-state index is -1.25. The molecule has 0 aromatic heterocycles. The Balaban J connectivity index is -0.000000403. The molecule has 0 spiro atoms. The van der Waals surface area contributed by atoms with Crippen molar-refractivity contribution in [3.63, 3.8) is 0 Å². The first-order valence-corrected chi connectivity index (χ1v) is 16.1. The van der Waals surface area contributed by atoms with Crippen LogP contribution in [0.3, 0.4) is 0 Å². The van der Waals surface area contributed by atoms with Crippen LogP contribution in [0.25, 0.3) is 0 Å². The van der Waals surface area contributed by atoms with E-state index >= 15 is 0 Å². The minimum Gasteiger partial charge on any atom is -0.465 e. The van der Waals surface area contributed by atoms with Crippen LogP contribution in [-0.4, -0.2) is 109 Å². The van der Waals surface area contributed by atoms with Crippen molar-refractivity contribution >= 4 is 110 Å². The van der Waals surface area contributed by atoms with Crippen molar-refractivity contribution in [1.82, 2.24) is 0 Å². The van der Waals surface area contributed by atoms with Crippen LogP contribution in [0.4, 0.5) is 0 Å². The lowest BCUT2D eigenvalue weighted by molar-refractivity contribution is -0.170. The molecule has 0 aliphatic heterocycles. The maximum atomic E-state index is 11.8. The van der Waals surface area contributed by atoms with Crippen molar-refractivity contribution < 1.29 is 66.9 Å². The van der Waals surface area contributed by atoms with Gasteiger partial charge < -0.3 is 18.9 Å². The Morgan fingerprint density at radius 1 is 0.480 bits per heavy atom. The highest BCUT2D eigenvalue weighted by atomic mass is 32.1. The van der Waals surface area contributed by atoms with Crippen LogP contribution in [0.15, 0.2) is 52.9 Å². The van der Waals surface area contributed by atoms with E-state index in [1.165, 1.54) is 0 Å². The average molecular weight is 780 g/mol. The number of aliphatic imine (C=N–C) groups is 3. The molecule has 0 radical (unpaired) electrons. The molecule has 0 atom stereocenters. The highest BCUT2D eigenvalue weighted by molar-refractivity contribution is 7.80. The molecule has 0 fully saturated rings. The number of ether oxygens (including phenoxy) is 4. The molecular weight excluding hydrogens is 743 g/mol. The van der Waals surface area contributed by atoms with Crippen molar-refractivity contribution in [2.75, 3.05) is 49.4 Å². The van der Waals surface area contributed by atoms with Crippen molar-refractivity contribution in [1.29, 1.82) is 0 Å². The number of hydrogen-bond donors (Lipinski definition) is 4. The monoisotopic (exact) mass is 779 g/mol. The zero-order valence-corrected chi connectivity index (χ0v) is 30.3. The van der Waals surface area contributed by atoms with Gasteiger partial charge in [-0.15, -0.1) is 15.0 Å². The molecule has 0 saturated carbocycles. The fraction of sp³-hybridized carbons (Fsp3) is 0.448. The molecule has 0 unspecified atom stereocenters. The van der Waals surface area contributed by atoms with E-state index in [4.69, 9.17) is 18.9 Å². The average Bonchev–Trinajstić information content (AvgIpc) is 3.09. The molecule has 21 heteroatoms. The van der Waals surface area contributed by atoms with Gasteiger partial charge in [0.2, 0.25) is 18.2 Å². The molecule has 0 aliphatic rings. The Hall–Kier alpha value is -4.35. The first-order valence-electron chi connectivity index (χ1n) is 13.5. The predicted molar refractivity (Wildman–Crippen MR) is 190 cm³/mol. The van der Waals surface area contributed by atoms with Gasteiger partial charge >= 0.3 is 23.9 Å². The number of nitrogens with zero attached hydrogens (tertiary/aromatic N) is 3. The Morgan fingerprint density at radius 2 is 0.680 bits per heavy atom. The van der Waals surface area contributed by atoms with Gasteiger partial charge in [-0.1, -0.05) is 19.7 Å². The van der Waals surface area contributed by atoms with Crippen LogP contribution in [0.5, 0.6) is 0 Å². The Kier molecular flexibility index (Phi) is 39.3. The van der Waals surface area contributed by atoms with Crippen LogP contribution >= 0.6 is 50.5 Å². The largest absolute Gasteiger partial charge is 0.465 e.